The molecule has 0 aliphatic heterocycles. The van der Waals surface area contributed by atoms with Crippen LogP contribution in [-0.2, 0) is 0 Å². The van der Waals surface area contributed by atoms with E-state index >= 15 is 0 Å². The molecule has 0 aliphatic rings. The van der Waals surface area contributed by atoms with Crippen molar-refractivity contribution < 1.29 is 0 Å². The van der Waals surface area contributed by atoms with Crippen LogP contribution in [0, 0.1) is 0 Å². The standard InChI is InChI=1S/C10H22S7/c1-7(11)3-9(13,14)5-17-6-10(15,16)4-8(2)12/h7-8,11-16H,3-6H2,1-2H3. The van der Waals surface area contributed by atoms with E-state index in [4.69, 9.17) is 0 Å². The summed E-state index contributed by atoms with van der Waals surface area (Å²) < 4.78 is -0.563. The molecule has 2 atom stereocenters. The van der Waals surface area contributed by atoms with E-state index in [1.165, 1.54) is 0 Å². The highest BCUT2D eigenvalue weighted by molar-refractivity contribution is 8.07. The average Bonchev–Trinajstić information content (AvgIpc) is 1.96. The van der Waals surface area contributed by atoms with Gasteiger partial charge < -0.3 is 0 Å². The summed E-state index contributed by atoms with van der Waals surface area (Å²) in [7, 11) is 0. The first-order chi connectivity index (χ1) is 7.54. The van der Waals surface area contributed by atoms with Crippen molar-refractivity contribution >= 4 is 87.5 Å². The molecule has 0 aromatic rings. The molecule has 0 heterocycles. The van der Waals surface area contributed by atoms with Gasteiger partial charge in [-0.05, 0) is 12.8 Å². The van der Waals surface area contributed by atoms with E-state index in [1.807, 2.05) is 0 Å². The largest absolute Gasteiger partial charge is 0.176 e. The summed E-state index contributed by atoms with van der Waals surface area (Å²) in [5, 5.41) is 0.611. The number of thioether (sulfide) groups is 1. The van der Waals surface area contributed by atoms with E-state index in [-0.39, 0.29) is 8.16 Å². The lowest BCUT2D eigenvalue weighted by atomic mass is 10.2. The Bertz CT molecular complexity index is 191. The normalized spacial score (nSPS) is 16.9. The zero-order valence-electron chi connectivity index (χ0n) is 10.1. The second-order valence-corrected chi connectivity index (χ2v) is 11.4. The molecule has 7 heteroatoms. The summed E-state index contributed by atoms with van der Waals surface area (Å²) in [6, 6.07) is 0. The number of hydrogen-bond acceptors (Lipinski definition) is 7. The van der Waals surface area contributed by atoms with Gasteiger partial charge in [-0.25, -0.2) is 0 Å². The topological polar surface area (TPSA) is 0 Å². The highest BCUT2D eigenvalue weighted by atomic mass is 32.2. The molecule has 0 saturated heterocycles. The summed E-state index contributed by atoms with van der Waals surface area (Å²) in [6.45, 7) is 4.11. The fraction of sp³-hybridized carbons (Fsp3) is 1.00. The maximum Gasteiger partial charge on any atom is 0.0652 e. The Labute approximate surface area is 143 Å². The third-order valence-corrected chi connectivity index (χ3v) is 5.89. The van der Waals surface area contributed by atoms with Crippen molar-refractivity contribution in [1.29, 1.82) is 0 Å². The Balaban J connectivity index is 3.97. The molecule has 0 N–H and O–H groups in total. The van der Waals surface area contributed by atoms with Crippen molar-refractivity contribution in [2.75, 3.05) is 11.5 Å². The lowest BCUT2D eigenvalue weighted by Crippen LogP contribution is -2.25. The highest BCUT2D eigenvalue weighted by Gasteiger charge is 2.26. The van der Waals surface area contributed by atoms with Gasteiger partial charge >= 0.3 is 0 Å². The van der Waals surface area contributed by atoms with Crippen molar-refractivity contribution in [3.63, 3.8) is 0 Å². The molecule has 17 heavy (non-hydrogen) atoms. The fourth-order valence-corrected chi connectivity index (χ4v) is 5.82. The molecule has 0 nitrogen and oxygen atoms in total. The molecule has 0 aromatic carbocycles. The van der Waals surface area contributed by atoms with Crippen molar-refractivity contribution in [2.24, 2.45) is 0 Å². The van der Waals surface area contributed by atoms with Crippen LogP contribution in [0.25, 0.3) is 0 Å². The molecule has 0 fully saturated rings. The van der Waals surface area contributed by atoms with Gasteiger partial charge in [0.2, 0.25) is 0 Å². The first-order valence-corrected chi connectivity index (χ1v) is 9.35. The monoisotopic (exact) mass is 366 g/mol. The first kappa shape index (κ1) is 19.4. The van der Waals surface area contributed by atoms with Crippen molar-refractivity contribution in [2.45, 2.75) is 45.3 Å². The van der Waals surface area contributed by atoms with Crippen LogP contribution in [0.1, 0.15) is 26.7 Å². The van der Waals surface area contributed by atoms with E-state index in [9.17, 15) is 0 Å². The van der Waals surface area contributed by atoms with E-state index in [2.05, 4.69) is 89.6 Å². The van der Waals surface area contributed by atoms with Gasteiger partial charge in [-0.2, -0.15) is 87.5 Å². The summed E-state index contributed by atoms with van der Waals surface area (Å²) >= 11 is 28.7. The van der Waals surface area contributed by atoms with Crippen LogP contribution in [0.2, 0.25) is 0 Å². The summed E-state index contributed by atoms with van der Waals surface area (Å²) in [4.78, 5) is 0. The van der Waals surface area contributed by atoms with E-state index in [0.717, 1.165) is 24.3 Å². The Morgan fingerprint density at radius 3 is 1.35 bits per heavy atom. The van der Waals surface area contributed by atoms with Gasteiger partial charge in [0.1, 0.15) is 0 Å². The molecule has 0 aromatic heterocycles. The Kier molecular flexibility index (Phi) is 9.92. The van der Waals surface area contributed by atoms with Crippen LogP contribution in [0.5, 0.6) is 0 Å². The SMILES string of the molecule is CC(S)CC(S)(S)CSCC(S)(S)CC(C)S. The Hall–Kier alpha value is 2.45. The molecule has 0 bridgehead atoms. The molecule has 2 unspecified atom stereocenters. The van der Waals surface area contributed by atoms with Gasteiger partial charge in [-0.1, -0.05) is 13.8 Å². The van der Waals surface area contributed by atoms with E-state index < -0.39 is 0 Å². The highest BCUT2D eigenvalue weighted by Crippen LogP contribution is 2.36. The Morgan fingerprint density at radius 1 is 0.824 bits per heavy atom. The number of rotatable bonds is 8. The molecule has 0 rings (SSSR count). The third kappa shape index (κ3) is 11.9. The van der Waals surface area contributed by atoms with Crippen LogP contribution in [-0.4, -0.2) is 30.2 Å². The van der Waals surface area contributed by atoms with Crippen LogP contribution in [0.4, 0.5) is 0 Å². The van der Waals surface area contributed by atoms with Crippen LogP contribution in [0.3, 0.4) is 0 Å². The van der Waals surface area contributed by atoms with Gasteiger partial charge in [0, 0.05) is 22.0 Å². The second kappa shape index (κ2) is 8.67. The molecule has 0 saturated carbocycles. The zero-order chi connectivity index (χ0) is 13.7. The lowest BCUT2D eigenvalue weighted by Gasteiger charge is -2.28. The second-order valence-electron chi connectivity index (χ2n) is 4.56. The molecule has 0 spiro atoms. The van der Waals surface area contributed by atoms with Crippen molar-refractivity contribution in [3.8, 4) is 0 Å². The van der Waals surface area contributed by atoms with Gasteiger partial charge in [-0.3, -0.25) is 0 Å². The van der Waals surface area contributed by atoms with Gasteiger partial charge in [-0.15, -0.1) is 0 Å². The van der Waals surface area contributed by atoms with Crippen molar-refractivity contribution in [3.05, 3.63) is 0 Å². The minimum atomic E-state index is -0.282. The summed E-state index contributed by atoms with van der Waals surface area (Å²) in [5.74, 6) is 1.71. The average molecular weight is 367 g/mol. The van der Waals surface area contributed by atoms with Crippen LogP contribution >= 0.6 is 87.5 Å². The van der Waals surface area contributed by atoms with E-state index in [1.54, 1.807) is 11.8 Å². The quantitative estimate of drug-likeness (QED) is 0.276. The number of hydrogen-bond donors (Lipinski definition) is 6. The maximum absolute atomic E-state index is 4.56. The summed E-state index contributed by atoms with van der Waals surface area (Å²) in [6.07, 6.45) is 1.73. The van der Waals surface area contributed by atoms with Crippen LogP contribution < -0.4 is 0 Å². The first-order valence-electron chi connectivity index (χ1n) is 5.37. The van der Waals surface area contributed by atoms with Crippen molar-refractivity contribution in [1.82, 2.24) is 0 Å². The molecule has 104 valence electrons. The van der Waals surface area contributed by atoms with Gasteiger partial charge in [0.05, 0.1) is 8.16 Å². The van der Waals surface area contributed by atoms with Gasteiger partial charge in [0.25, 0.3) is 0 Å². The van der Waals surface area contributed by atoms with Crippen LogP contribution in [0.15, 0.2) is 0 Å². The number of thiol groups is 6. The lowest BCUT2D eigenvalue weighted by molar-refractivity contribution is 0.770. The molecule has 0 amide bonds. The third-order valence-electron chi connectivity index (χ3n) is 1.91. The fourth-order valence-electron chi connectivity index (χ4n) is 1.44. The smallest absolute Gasteiger partial charge is 0.0652 e. The predicted molar refractivity (Wildman–Crippen MR) is 105 cm³/mol. The minimum absolute atomic E-state index is 0.282. The van der Waals surface area contributed by atoms with E-state index in [0.29, 0.717) is 10.5 Å². The zero-order valence-corrected chi connectivity index (χ0v) is 16.3. The summed E-state index contributed by atoms with van der Waals surface area (Å²) in [5.41, 5.74) is 0. The molecular formula is C10H22S7. The van der Waals surface area contributed by atoms with Gasteiger partial charge in [0.15, 0.2) is 0 Å². The molecular weight excluding hydrogens is 345 g/mol. The molecule has 0 aliphatic carbocycles. The molecule has 0 radical (unpaired) electrons. The minimum Gasteiger partial charge on any atom is -0.176 e. The maximum atomic E-state index is 4.56. The predicted octanol–water partition coefficient (Wildman–Crippen LogP) is 4.25. The Morgan fingerprint density at radius 2 is 1.12 bits per heavy atom.